The lowest BCUT2D eigenvalue weighted by Gasteiger charge is -2.20. The Morgan fingerprint density at radius 1 is 1.33 bits per heavy atom. The molecule has 1 atom stereocenters. The maximum absolute atomic E-state index is 3.50. The standard InChI is InChI=1S/C10H23NS/c1-9(7-12-5)6-11-8-10(2,3)4/h9,11H,6-8H2,1-5H3. The van der Waals surface area contributed by atoms with Gasteiger partial charge < -0.3 is 5.32 Å². The van der Waals surface area contributed by atoms with Crippen molar-refractivity contribution in [3.63, 3.8) is 0 Å². The van der Waals surface area contributed by atoms with Crippen LogP contribution >= 0.6 is 11.8 Å². The largest absolute Gasteiger partial charge is 0.316 e. The van der Waals surface area contributed by atoms with E-state index in [1.165, 1.54) is 5.75 Å². The van der Waals surface area contributed by atoms with Crippen LogP contribution in [0.2, 0.25) is 0 Å². The molecule has 0 aliphatic carbocycles. The third-order valence-electron chi connectivity index (χ3n) is 1.60. The lowest BCUT2D eigenvalue weighted by molar-refractivity contribution is 0.369. The summed E-state index contributed by atoms with van der Waals surface area (Å²) in [5.41, 5.74) is 0.416. The summed E-state index contributed by atoms with van der Waals surface area (Å²) >= 11 is 1.93. The van der Waals surface area contributed by atoms with Crippen molar-refractivity contribution in [1.29, 1.82) is 0 Å². The lowest BCUT2D eigenvalue weighted by atomic mass is 9.97. The summed E-state index contributed by atoms with van der Waals surface area (Å²) in [5.74, 6) is 2.05. The van der Waals surface area contributed by atoms with Crippen molar-refractivity contribution in [3.05, 3.63) is 0 Å². The summed E-state index contributed by atoms with van der Waals surface area (Å²) in [6, 6.07) is 0. The van der Waals surface area contributed by atoms with Crippen LogP contribution in [0, 0.1) is 11.3 Å². The highest BCUT2D eigenvalue weighted by molar-refractivity contribution is 7.98. The number of nitrogens with one attached hydrogen (secondary N) is 1. The first-order valence-electron chi connectivity index (χ1n) is 4.65. The summed E-state index contributed by atoms with van der Waals surface area (Å²) in [6.45, 7) is 11.4. The smallest absolute Gasteiger partial charge is 0.000000573 e. The van der Waals surface area contributed by atoms with E-state index in [9.17, 15) is 0 Å². The molecule has 0 heterocycles. The van der Waals surface area contributed by atoms with Crippen molar-refractivity contribution in [2.75, 3.05) is 25.1 Å². The summed E-state index contributed by atoms with van der Waals surface area (Å²) in [5, 5.41) is 3.50. The van der Waals surface area contributed by atoms with Crippen LogP contribution in [0.25, 0.3) is 0 Å². The van der Waals surface area contributed by atoms with Gasteiger partial charge in [-0.05, 0) is 36.4 Å². The SMILES string of the molecule is CSCC(C)CNCC(C)(C)C. The minimum Gasteiger partial charge on any atom is -0.316 e. The fourth-order valence-electron chi connectivity index (χ4n) is 1.04. The molecule has 0 saturated heterocycles. The van der Waals surface area contributed by atoms with Crippen molar-refractivity contribution < 1.29 is 0 Å². The average molecular weight is 189 g/mol. The highest BCUT2D eigenvalue weighted by Crippen LogP contribution is 2.10. The molecule has 0 aliphatic rings. The van der Waals surface area contributed by atoms with Crippen molar-refractivity contribution in [2.45, 2.75) is 27.7 Å². The molecular weight excluding hydrogens is 166 g/mol. The van der Waals surface area contributed by atoms with E-state index in [0.29, 0.717) is 5.41 Å². The van der Waals surface area contributed by atoms with Gasteiger partial charge in [0.25, 0.3) is 0 Å². The van der Waals surface area contributed by atoms with Crippen molar-refractivity contribution in [3.8, 4) is 0 Å². The maximum atomic E-state index is 3.50. The minimum absolute atomic E-state index is 0.416. The van der Waals surface area contributed by atoms with Gasteiger partial charge >= 0.3 is 0 Å². The molecule has 0 aromatic rings. The molecule has 1 nitrogen and oxygen atoms in total. The Morgan fingerprint density at radius 2 is 1.92 bits per heavy atom. The zero-order valence-electron chi connectivity index (χ0n) is 9.11. The molecule has 1 N–H and O–H groups in total. The van der Waals surface area contributed by atoms with Crippen LogP contribution in [0.3, 0.4) is 0 Å². The van der Waals surface area contributed by atoms with Crippen LogP contribution in [0.5, 0.6) is 0 Å². The molecule has 0 spiro atoms. The van der Waals surface area contributed by atoms with Gasteiger partial charge in [-0.25, -0.2) is 0 Å². The van der Waals surface area contributed by atoms with Crippen molar-refractivity contribution in [1.82, 2.24) is 5.32 Å². The van der Waals surface area contributed by atoms with E-state index in [1.807, 2.05) is 11.8 Å². The number of thioether (sulfide) groups is 1. The average Bonchev–Trinajstić information content (AvgIpc) is 1.84. The van der Waals surface area contributed by atoms with E-state index in [-0.39, 0.29) is 0 Å². The van der Waals surface area contributed by atoms with E-state index >= 15 is 0 Å². The number of hydrogen-bond donors (Lipinski definition) is 1. The maximum Gasteiger partial charge on any atom is -0.000000573 e. The van der Waals surface area contributed by atoms with Crippen LogP contribution < -0.4 is 5.32 Å². The van der Waals surface area contributed by atoms with Gasteiger partial charge in [0.05, 0.1) is 0 Å². The molecule has 0 bridgehead atoms. The molecule has 12 heavy (non-hydrogen) atoms. The third kappa shape index (κ3) is 8.41. The summed E-state index contributed by atoms with van der Waals surface area (Å²) < 4.78 is 0. The molecule has 2 heteroatoms. The first-order chi connectivity index (χ1) is 5.45. The highest BCUT2D eigenvalue weighted by atomic mass is 32.2. The molecule has 0 aromatic heterocycles. The Hall–Kier alpha value is 0.310. The highest BCUT2D eigenvalue weighted by Gasteiger charge is 2.09. The molecule has 0 fully saturated rings. The van der Waals surface area contributed by atoms with Gasteiger partial charge in [0.1, 0.15) is 0 Å². The van der Waals surface area contributed by atoms with Crippen LogP contribution in [-0.2, 0) is 0 Å². The quantitative estimate of drug-likeness (QED) is 0.713. The Kier molecular flexibility index (Phi) is 6.02. The van der Waals surface area contributed by atoms with E-state index in [2.05, 4.69) is 39.3 Å². The molecule has 0 amide bonds. The van der Waals surface area contributed by atoms with Gasteiger partial charge in [0, 0.05) is 0 Å². The zero-order valence-corrected chi connectivity index (χ0v) is 9.92. The van der Waals surface area contributed by atoms with E-state index in [1.54, 1.807) is 0 Å². The predicted octanol–water partition coefficient (Wildman–Crippen LogP) is 2.62. The van der Waals surface area contributed by atoms with E-state index in [4.69, 9.17) is 0 Å². The second-order valence-corrected chi connectivity index (χ2v) is 5.66. The second kappa shape index (κ2) is 5.87. The van der Waals surface area contributed by atoms with Crippen molar-refractivity contribution in [2.24, 2.45) is 11.3 Å². The fourth-order valence-corrected chi connectivity index (χ4v) is 1.72. The molecule has 74 valence electrons. The molecule has 0 aliphatic heterocycles. The van der Waals surface area contributed by atoms with Gasteiger partial charge in [0.2, 0.25) is 0 Å². The van der Waals surface area contributed by atoms with Gasteiger partial charge in [-0.15, -0.1) is 0 Å². The van der Waals surface area contributed by atoms with Crippen LogP contribution in [0.4, 0.5) is 0 Å². The predicted molar refractivity (Wildman–Crippen MR) is 59.9 cm³/mol. The first kappa shape index (κ1) is 12.3. The number of rotatable bonds is 5. The summed E-state index contributed by atoms with van der Waals surface area (Å²) in [4.78, 5) is 0. The van der Waals surface area contributed by atoms with Crippen LogP contribution in [0.1, 0.15) is 27.7 Å². The number of hydrogen-bond acceptors (Lipinski definition) is 2. The topological polar surface area (TPSA) is 12.0 Å². The minimum atomic E-state index is 0.416. The Morgan fingerprint density at radius 3 is 2.33 bits per heavy atom. The van der Waals surface area contributed by atoms with Crippen molar-refractivity contribution >= 4 is 11.8 Å². The third-order valence-corrected chi connectivity index (χ3v) is 2.50. The first-order valence-corrected chi connectivity index (χ1v) is 6.05. The zero-order chi connectivity index (χ0) is 9.61. The molecule has 0 rings (SSSR count). The summed E-state index contributed by atoms with van der Waals surface area (Å²) in [7, 11) is 0. The summed E-state index contributed by atoms with van der Waals surface area (Å²) in [6.07, 6.45) is 2.17. The van der Waals surface area contributed by atoms with Gasteiger partial charge in [-0.3, -0.25) is 0 Å². The molecule has 0 aromatic carbocycles. The Bertz CT molecular complexity index is 107. The van der Waals surface area contributed by atoms with Gasteiger partial charge in [0.15, 0.2) is 0 Å². The van der Waals surface area contributed by atoms with Crippen LogP contribution in [-0.4, -0.2) is 25.1 Å². The normalized spacial score (nSPS) is 14.8. The molecule has 0 saturated carbocycles. The van der Waals surface area contributed by atoms with Gasteiger partial charge in [-0.2, -0.15) is 11.8 Å². The van der Waals surface area contributed by atoms with E-state index < -0.39 is 0 Å². The molecular formula is C10H23NS. The lowest BCUT2D eigenvalue weighted by Crippen LogP contribution is -2.30. The van der Waals surface area contributed by atoms with Gasteiger partial charge in [-0.1, -0.05) is 27.7 Å². The monoisotopic (exact) mass is 189 g/mol. The Balaban J connectivity index is 3.31. The van der Waals surface area contributed by atoms with Crippen LogP contribution in [0.15, 0.2) is 0 Å². The Labute approximate surface area is 81.7 Å². The molecule has 1 unspecified atom stereocenters. The molecule has 0 radical (unpaired) electrons. The fraction of sp³-hybridized carbons (Fsp3) is 1.00. The second-order valence-electron chi connectivity index (χ2n) is 4.75. The van der Waals surface area contributed by atoms with E-state index in [0.717, 1.165) is 19.0 Å².